The van der Waals surface area contributed by atoms with Gasteiger partial charge in [0.2, 0.25) is 0 Å². The summed E-state index contributed by atoms with van der Waals surface area (Å²) in [6.45, 7) is 3.70. The minimum absolute atomic E-state index is 0.0114. The predicted octanol–water partition coefficient (Wildman–Crippen LogP) is 3.76. The van der Waals surface area contributed by atoms with Crippen LogP contribution in [0.4, 0.5) is 0 Å². The largest absolute Gasteiger partial charge is 0.284 e. The maximum absolute atomic E-state index is 13.2. The van der Waals surface area contributed by atoms with Crippen molar-refractivity contribution in [3.8, 4) is 0 Å². The Morgan fingerprint density at radius 3 is 1.67 bits per heavy atom. The lowest BCUT2D eigenvalue weighted by molar-refractivity contribution is 0.552. The molecular formula is C22H22N2O4S2. The van der Waals surface area contributed by atoms with Gasteiger partial charge in [0, 0.05) is 12.6 Å². The van der Waals surface area contributed by atoms with Crippen molar-refractivity contribution in [1.82, 2.24) is 4.31 Å². The van der Waals surface area contributed by atoms with E-state index in [9.17, 15) is 16.8 Å². The zero-order chi connectivity index (χ0) is 21.9. The third-order valence-electron chi connectivity index (χ3n) is 4.54. The van der Waals surface area contributed by atoms with Crippen LogP contribution in [-0.4, -0.2) is 34.0 Å². The number of rotatable bonds is 5. The first-order valence-electron chi connectivity index (χ1n) is 9.14. The number of nitrogens with zero attached hydrogens (tertiary/aromatic N) is 2. The van der Waals surface area contributed by atoms with Crippen LogP contribution in [0.3, 0.4) is 0 Å². The van der Waals surface area contributed by atoms with Gasteiger partial charge in [0.15, 0.2) is 5.84 Å². The monoisotopic (exact) mass is 442 g/mol. The normalized spacial score (nSPS) is 12.6. The minimum atomic E-state index is -4.14. The van der Waals surface area contributed by atoms with Crippen LogP contribution >= 0.6 is 0 Å². The van der Waals surface area contributed by atoms with Crippen molar-refractivity contribution in [2.75, 3.05) is 7.05 Å². The van der Waals surface area contributed by atoms with E-state index in [4.69, 9.17) is 0 Å². The van der Waals surface area contributed by atoms with Crippen molar-refractivity contribution >= 4 is 25.9 Å². The van der Waals surface area contributed by atoms with E-state index in [-0.39, 0.29) is 15.6 Å². The molecule has 0 saturated carbocycles. The summed E-state index contributed by atoms with van der Waals surface area (Å²) in [6.07, 6.45) is 0. The molecule has 3 aromatic rings. The summed E-state index contributed by atoms with van der Waals surface area (Å²) in [4.78, 5) is 0.0367. The molecule has 156 valence electrons. The molecule has 0 bridgehead atoms. The molecule has 0 N–H and O–H groups in total. The van der Waals surface area contributed by atoms with Gasteiger partial charge < -0.3 is 0 Å². The molecule has 0 atom stereocenters. The molecule has 3 rings (SSSR count). The van der Waals surface area contributed by atoms with Crippen LogP contribution in [0.15, 0.2) is 93.1 Å². The number of amidine groups is 1. The van der Waals surface area contributed by atoms with E-state index in [1.807, 2.05) is 13.8 Å². The molecule has 0 aliphatic rings. The standard InChI is InChI=1S/C22H22N2O4S2/c1-17-9-13-20(14-10-17)29(25,26)23-22(19-7-5-4-6-8-19)24(3)30(27,28)21-15-11-18(2)12-16-21/h4-16H,1-3H3. The smallest absolute Gasteiger partial charge is 0.252 e. The van der Waals surface area contributed by atoms with Gasteiger partial charge in [0.25, 0.3) is 20.0 Å². The van der Waals surface area contributed by atoms with Gasteiger partial charge in [-0.05, 0) is 38.1 Å². The summed E-state index contributed by atoms with van der Waals surface area (Å²) >= 11 is 0. The first-order valence-corrected chi connectivity index (χ1v) is 12.0. The summed E-state index contributed by atoms with van der Waals surface area (Å²) in [7, 11) is -6.87. The first-order chi connectivity index (χ1) is 14.1. The van der Waals surface area contributed by atoms with Crippen molar-refractivity contribution in [3.63, 3.8) is 0 Å². The van der Waals surface area contributed by atoms with Crippen LogP contribution < -0.4 is 0 Å². The minimum Gasteiger partial charge on any atom is -0.252 e. The number of hydrogen-bond donors (Lipinski definition) is 0. The van der Waals surface area contributed by atoms with Crippen molar-refractivity contribution in [1.29, 1.82) is 0 Å². The van der Waals surface area contributed by atoms with Gasteiger partial charge >= 0.3 is 0 Å². The van der Waals surface area contributed by atoms with Crippen molar-refractivity contribution < 1.29 is 16.8 Å². The average Bonchev–Trinajstić information content (AvgIpc) is 2.73. The number of hydrogen-bond acceptors (Lipinski definition) is 4. The Morgan fingerprint density at radius 2 is 1.17 bits per heavy atom. The quantitative estimate of drug-likeness (QED) is 0.445. The Labute approximate surface area is 177 Å². The molecule has 0 radical (unpaired) electrons. The molecule has 0 fully saturated rings. The Morgan fingerprint density at radius 1 is 0.700 bits per heavy atom. The lowest BCUT2D eigenvalue weighted by Gasteiger charge is -2.21. The van der Waals surface area contributed by atoms with Gasteiger partial charge in [-0.15, -0.1) is 4.40 Å². The fourth-order valence-electron chi connectivity index (χ4n) is 2.74. The topological polar surface area (TPSA) is 83.9 Å². The zero-order valence-electron chi connectivity index (χ0n) is 16.8. The molecule has 6 nitrogen and oxygen atoms in total. The highest BCUT2D eigenvalue weighted by Crippen LogP contribution is 2.21. The molecule has 0 unspecified atom stereocenters. The second kappa shape index (κ2) is 8.41. The van der Waals surface area contributed by atoms with E-state index in [2.05, 4.69) is 4.40 Å². The van der Waals surface area contributed by atoms with Crippen LogP contribution in [0.5, 0.6) is 0 Å². The fraction of sp³-hybridized carbons (Fsp3) is 0.136. The van der Waals surface area contributed by atoms with Crippen LogP contribution in [0, 0.1) is 13.8 Å². The van der Waals surface area contributed by atoms with Crippen LogP contribution in [-0.2, 0) is 20.0 Å². The average molecular weight is 443 g/mol. The maximum Gasteiger partial charge on any atom is 0.284 e. The van der Waals surface area contributed by atoms with E-state index in [1.54, 1.807) is 54.6 Å². The third kappa shape index (κ3) is 4.60. The molecule has 0 amide bonds. The van der Waals surface area contributed by atoms with Crippen molar-refractivity contribution in [2.24, 2.45) is 4.40 Å². The predicted molar refractivity (Wildman–Crippen MR) is 117 cm³/mol. The van der Waals surface area contributed by atoms with E-state index >= 15 is 0 Å². The van der Waals surface area contributed by atoms with E-state index < -0.39 is 20.0 Å². The van der Waals surface area contributed by atoms with Crippen LogP contribution in [0.25, 0.3) is 0 Å². The third-order valence-corrected chi connectivity index (χ3v) is 7.58. The number of aryl methyl sites for hydroxylation is 2. The SMILES string of the molecule is Cc1ccc(S(=O)(=O)N=C(c2ccccc2)N(C)S(=O)(=O)c2ccc(C)cc2)cc1. The second-order valence-electron chi connectivity index (χ2n) is 6.85. The van der Waals surface area contributed by atoms with E-state index in [0.717, 1.165) is 15.4 Å². The molecule has 0 heterocycles. The molecule has 3 aromatic carbocycles. The van der Waals surface area contributed by atoms with Crippen LogP contribution in [0.1, 0.15) is 16.7 Å². The lowest BCUT2D eigenvalue weighted by atomic mass is 10.2. The molecule has 8 heteroatoms. The molecule has 0 saturated heterocycles. The Hall–Kier alpha value is -2.97. The summed E-state index contributed by atoms with van der Waals surface area (Å²) in [5.74, 6) is -0.184. The van der Waals surface area contributed by atoms with Gasteiger partial charge in [0.1, 0.15) is 0 Å². The summed E-state index contributed by atoms with van der Waals surface area (Å²) < 4.78 is 57.0. The fourth-order valence-corrected chi connectivity index (χ4v) is 5.00. The van der Waals surface area contributed by atoms with Gasteiger partial charge in [-0.3, -0.25) is 4.31 Å². The highest BCUT2D eigenvalue weighted by atomic mass is 32.2. The first kappa shape index (κ1) is 21.7. The molecular weight excluding hydrogens is 420 g/mol. The molecule has 0 spiro atoms. The van der Waals surface area contributed by atoms with Gasteiger partial charge in [-0.25, -0.2) is 8.42 Å². The van der Waals surface area contributed by atoms with Gasteiger partial charge in [-0.2, -0.15) is 8.42 Å². The van der Waals surface area contributed by atoms with Gasteiger partial charge in [0.05, 0.1) is 9.79 Å². The summed E-state index contributed by atoms with van der Waals surface area (Å²) in [5, 5.41) is 0. The second-order valence-corrected chi connectivity index (χ2v) is 10.4. The Bertz CT molecular complexity index is 1270. The van der Waals surface area contributed by atoms with Crippen molar-refractivity contribution in [2.45, 2.75) is 23.6 Å². The van der Waals surface area contributed by atoms with E-state index in [1.165, 1.54) is 31.3 Å². The number of sulfonamides is 2. The highest BCUT2D eigenvalue weighted by molar-refractivity contribution is 7.91. The van der Waals surface area contributed by atoms with Crippen molar-refractivity contribution in [3.05, 3.63) is 95.6 Å². The molecule has 30 heavy (non-hydrogen) atoms. The van der Waals surface area contributed by atoms with Crippen LogP contribution in [0.2, 0.25) is 0 Å². The Kier molecular flexibility index (Phi) is 6.09. The maximum atomic E-state index is 13.2. The lowest BCUT2D eigenvalue weighted by Crippen LogP contribution is -2.34. The molecule has 0 aliphatic carbocycles. The highest BCUT2D eigenvalue weighted by Gasteiger charge is 2.27. The summed E-state index contributed by atoms with van der Waals surface area (Å²) in [5.41, 5.74) is 2.18. The number of benzene rings is 3. The van der Waals surface area contributed by atoms with Gasteiger partial charge in [-0.1, -0.05) is 65.7 Å². The summed E-state index contributed by atoms with van der Waals surface area (Å²) in [6, 6.07) is 20.9. The Balaban J connectivity index is 2.15. The molecule has 0 aromatic heterocycles. The van der Waals surface area contributed by atoms with E-state index in [0.29, 0.717) is 5.56 Å². The molecule has 0 aliphatic heterocycles. The zero-order valence-corrected chi connectivity index (χ0v) is 18.5.